The van der Waals surface area contributed by atoms with Gasteiger partial charge in [-0.2, -0.15) is 0 Å². The van der Waals surface area contributed by atoms with Crippen LogP contribution in [0.15, 0.2) is 35.6 Å². The molecule has 0 aliphatic carbocycles. The Kier molecular flexibility index (Phi) is 7.93. The van der Waals surface area contributed by atoms with Gasteiger partial charge in [0, 0.05) is 76.4 Å². The topological polar surface area (TPSA) is 78.0 Å². The highest BCUT2D eigenvalue weighted by molar-refractivity contribution is 8.14. The van der Waals surface area contributed by atoms with Crippen LogP contribution >= 0.6 is 23.4 Å². The van der Waals surface area contributed by atoms with Gasteiger partial charge in [0.25, 0.3) is 0 Å². The largest absolute Gasteiger partial charge is 0.353 e. The normalized spacial score (nSPS) is 24.9. The Morgan fingerprint density at radius 2 is 1.62 bits per heavy atom. The Balaban J connectivity index is 0.941. The molecule has 0 radical (unpaired) electrons. The molecule has 1 aromatic rings. The number of likely N-dealkylation sites (tertiary alicyclic amines) is 1. The van der Waals surface area contributed by atoms with Gasteiger partial charge >= 0.3 is 0 Å². The zero-order valence-corrected chi connectivity index (χ0v) is 24.0. The molecule has 1 aromatic carbocycles. The molecule has 210 valence electrons. The van der Waals surface area contributed by atoms with Crippen molar-refractivity contribution < 1.29 is 9.59 Å². The molecule has 10 nitrogen and oxygen atoms in total. The number of hydrogen-bond donors (Lipinski definition) is 1. The van der Waals surface area contributed by atoms with Gasteiger partial charge in [-0.15, -0.1) is 5.10 Å². The third kappa shape index (κ3) is 6.01. The average Bonchev–Trinajstić information content (AvgIpc) is 3.54. The van der Waals surface area contributed by atoms with Crippen LogP contribution < -0.4 is 5.32 Å². The number of carbonyl (C=O) groups excluding carboxylic acids is 2. The summed E-state index contributed by atoms with van der Waals surface area (Å²) in [6, 6.07) is 7.81. The lowest BCUT2D eigenvalue weighted by Crippen LogP contribution is -2.55. The predicted molar refractivity (Wildman–Crippen MR) is 155 cm³/mol. The van der Waals surface area contributed by atoms with Crippen LogP contribution in [0.3, 0.4) is 0 Å². The van der Waals surface area contributed by atoms with Crippen molar-refractivity contribution in [3.63, 3.8) is 0 Å². The number of rotatable bonds is 4. The molecule has 0 bridgehead atoms. The van der Waals surface area contributed by atoms with E-state index >= 15 is 0 Å². The molecule has 5 aliphatic rings. The standard InChI is InChI=1S/C27H37ClN8O2S/c1-31-10-14-33(15-11-31)24(37)19-32-12-16-34(17-13-32)25(38)21-6-8-35(9-7-21)27-30-36-18-23(29-26(36)39-27)20-2-4-22(28)5-3-20/h2-5,18,21,26,29H,6-17,19H2,1H3. The van der Waals surface area contributed by atoms with Crippen LogP contribution in [0.5, 0.6) is 0 Å². The first-order valence-electron chi connectivity index (χ1n) is 13.9. The van der Waals surface area contributed by atoms with E-state index in [4.69, 9.17) is 16.7 Å². The lowest BCUT2D eigenvalue weighted by molar-refractivity contribution is -0.139. The van der Waals surface area contributed by atoms with Crippen LogP contribution in [0, 0.1) is 5.92 Å². The zero-order chi connectivity index (χ0) is 26.9. The van der Waals surface area contributed by atoms with E-state index in [-0.39, 0.29) is 23.2 Å². The second kappa shape index (κ2) is 11.6. The number of halogens is 1. The number of amidine groups is 1. The Morgan fingerprint density at radius 1 is 0.949 bits per heavy atom. The van der Waals surface area contributed by atoms with Crippen LogP contribution in [0.25, 0.3) is 5.70 Å². The lowest BCUT2D eigenvalue weighted by atomic mass is 9.95. The van der Waals surface area contributed by atoms with Gasteiger partial charge in [0.15, 0.2) is 10.7 Å². The SMILES string of the molecule is CN1CCN(C(=O)CN2CCN(C(=O)C3CCN(C4=NN5C=C(c6ccc(Cl)cc6)NC5S4)CC3)CC2)CC1. The summed E-state index contributed by atoms with van der Waals surface area (Å²) in [5.74, 6) is 0.565. The Labute approximate surface area is 239 Å². The first-order chi connectivity index (χ1) is 18.9. The number of benzene rings is 1. The molecule has 0 spiro atoms. The number of hydrazone groups is 1. The quantitative estimate of drug-likeness (QED) is 0.581. The van der Waals surface area contributed by atoms with E-state index in [1.807, 2.05) is 45.3 Å². The molecule has 1 unspecified atom stereocenters. The van der Waals surface area contributed by atoms with E-state index in [0.29, 0.717) is 19.6 Å². The minimum absolute atomic E-state index is 0.0597. The summed E-state index contributed by atoms with van der Waals surface area (Å²) in [5, 5.41) is 12.1. The number of likely N-dealkylation sites (N-methyl/N-ethyl adjacent to an activating group) is 1. The Hall–Kier alpha value is -2.47. The number of thioether (sulfide) groups is 1. The summed E-state index contributed by atoms with van der Waals surface area (Å²) in [6.07, 6.45) is 3.75. The van der Waals surface area contributed by atoms with E-state index in [9.17, 15) is 9.59 Å². The van der Waals surface area contributed by atoms with Gasteiger partial charge in [-0.1, -0.05) is 23.7 Å². The van der Waals surface area contributed by atoms with Gasteiger partial charge in [-0.3, -0.25) is 14.5 Å². The van der Waals surface area contributed by atoms with Gasteiger partial charge in [0.1, 0.15) is 0 Å². The van der Waals surface area contributed by atoms with Gasteiger partial charge < -0.3 is 24.9 Å². The molecule has 2 amide bonds. The van der Waals surface area contributed by atoms with E-state index < -0.39 is 0 Å². The van der Waals surface area contributed by atoms with Gasteiger partial charge in [0.2, 0.25) is 11.8 Å². The molecule has 0 saturated carbocycles. The Morgan fingerprint density at radius 3 is 2.28 bits per heavy atom. The molecule has 3 fully saturated rings. The summed E-state index contributed by atoms with van der Waals surface area (Å²) in [7, 11) is 2.10. The van der Waals surface area contributed by atoms with Crippen LogP contribution in [-0.4, -0.2) is 131 Å². The van der Waals surface area contributed by atoms with Crippen molar-refractivity contribution in [1.82, 2.24) is 34.8 Å². The number of piperidine rings is 1. The number of fused-ring (bicyclic) bond motifs is 1. The maximum atomic E-state index is 13.3. The molecular formula is C27H37ClN8O2S. The van der Waals surface area contributed by atoms with Crippen LogP contribution in [0.1, 0.15) is 18.4 Å². The van der Waals surface area contributed by atoms with Crippen molar-refractivity contribution in [2.45, 2.75) is 18.3 Å². The van der Waals surface area contributed by atoms with E-state index in [1.54, 1.807) is 11.8 Å². The number of nitrogens with one attached hydrogen (secondary N) is 1. The van der Waals surface area contributed by atoms with E-state index in [0.717, 1.165) is 86.7 Å². The van der Waals surface area contributed by atoms with Crippen molar-refractivity contribution in [3.05, 3.63) is 41.1 Å². The summed E-state index contributed by atoms with van der Waals surface area (Å²) in [5.41, 5.74) is 2.19. The third-order valence-electron chi connectivity index (χ3n) is 8.37. The van der Waals surface area contributed by atoms with Crippen molar-refractivity contribution in [2.24, 2.45) is 11.0 Å². The fourth-order valence-corrected chi connectivity index (χ4v) is 7.00. The summed E-state index contributed by atoms with van der Waals surface area (Å²) >= 11 is 7.74. The molecule has 5 heterocycles. The molecule has 1 N–H and O–H groups in total. The van der Waals surface area contributed by atoms with Gasteiger partial charge in [0.05, 0.1) is 18.4 Å². The minimum atomic E-state index is 0.0597. The third-order valence-corrected chi connectivity index (χ3v) is 9.73. The molecule has 6 rings (SSSR count). The monoisotopic (exact) mass is 572 g/mol. The average molecular weight is 573 g/mol. The predicted octanol–water partition coefficient (Wildman–Crippen LogP) is 1.48. The van der Waals surface area contributed by atoms with Crippen LogP contribution in [0.2, 0.25) is 5.02 Å². The first kappa shape index (κ1) is 26.7. The van der Waals surface area contributed by atoms with Crippen LogP contribution in [-0.2, 0) is 9.59 Å². The molecule has 12 heteroatoms. The fraction of sp³-hybridized carbons (Fsp3) is 0.593. The fourth-order valence-electron chi connectivity index (χ4n) is 5.80. The number of nitrogens with zero attached hydrogens (tertiary/aromatic N) is 7. The summed E-state index contributed by atoms with van der Waals surface area (Å²) in [4.78, 5) is 36.7. The highest BCUT2D eigenvalue weighted by Crippen LogP contribution is 2.35. The number of amides is 2. The number of hydrogen-bond acceptors (Lipinski definition) is 9. The number of piperazine rings is 2. The second-order valence-corrected chi connectivity index (χ2v) is 12.5. The highest BCUT2D eigenvalue weighted by atomic mass is 35.5. The lowest BCUT2D eigenvalue weighted by Gasteiger charge is -2.39. The van der Waals surface area contributed by atoms with Gasteiger partial charge in [-0.25, -0.2) is 5.01 Å². The van der Waals surface area contributed by atoms with Crippen molar-refractivity contribution in [2.75, 3.05) is 79.0 Å². The first-order valence-corrected chi connectivity index (χ1v) is 15.2. The molecule has 5 aliphatic heterocycles. The summed E-state index contributed by atoms with van der Waals surface area (Å²) in [6.45, 7) is 8.62. The molecule has 0 aromatic heterocycles. The highest BCUT2D eigenvalue weighted by Gasteiger charge is 2.37. The van der Waals surface area contributed by atoms with Gasteiger partial charge in [-0.05, 0) is 49.3 Å². The Bertz CT molecular complexity index is 1120. The van der Waals surface area contributed by atoms with E-state index in [1.165, 1.54) is 0 Å². The van der Waals surface area contributed by atoms with E-state index in [2.05, 4.69) is 27.1 Å². The maximum Gasteiger partial charge on any atom is 0.236 e. The van der Waals surface area contributed by atoms with Crippen molar-refractivity contribution in [3.8, 4) is 0 Å². The molecular weight excluding hydrogens is 536 g/mol. The van der Waals surface area contributed by atoms with Crippen molar-refractivity contribution >= 4 is 46.0 Å². The molecule has 1 atom stereocenters. The smallest absolute Gasteiger partial charge is 0.236 e. The minimum Gasteiger partial charge on any atom is -0.353 e. The number of carbonyl (C=O) groups is 2. The zero-order valence-electron chi connectivity index (χ0n) is 22.5. The maximum absolute atomic E-state index is 13.3. The summed E-state index contributed by atoms with van der Waals surface area (Å²) < 4.78 is 0. The molecule has 3 saturated heterocycles. The van der Waals surface area contributed by atoms with Crippen LogP contribution in [0.4, 0.5) is 0 Å². The van der Waals surface area contributed by atoms with Crippen molar-refractivity contribution in [1.29, 1.82) is 0 Å². The second-order valence-electron chi connectivity index (χ2n) is 11.0. The molecule has 39 heavy (non-hydrogen) atoms.